The Morgan fingerprint density at radius 1 is 1.29 bits per heavy atom. The van der Waals surface area contributed by atoms with E-state index in [1.807, 2.05) is 24.3 Å². The average molecular weight is 285 g/mol. The minimum atomic E-state index is -0.393. The molecule has 0 saturated heterocycles. The number of rotatable bonds is 7. The molecule has 3 rings (SSSR count). The van der Waals surface area contributed by atoms with Crippen LogP contribution in [-0.2, 0) is 0 Å². The van der Waals surface area contributed by atoms with Crippen LogP contribution in [0.4, 0.5) is 5.69 Å². The lowest BCUT2D eigenvalue weighted by Crippen LogP contribution is -2.54. The van der Waals surface area contributed by atoms with Crippen LogP contribution in [0.1, 0.15) is 25.7 Å². The monoisotopic (exact) mass is 285 g/mol. The van der Waals surface area contributed by atoms with Gasteiger partial charge in [0.15, 0.2) is 0 Å². The summed E-state index contributed by atoms with van der Waals surface area (Å²) in [7, 11) is 3.73. The maximum Gasteiger partial charge on any atom is 0.127 e. The van der Waals surface area contributed by atoms with Crippen molar-refractivity contribution in [3.63, 3.8) is 0 Å². The molecule has 21 heavy (non-hydrogen) atoms. The topological polar surface area (TPSA) is 48.3 Å². The highest BCUT2D eigenvalue weighted by atomic mass is 16.5. The summed E-state index contributed by atoms with van der Waals surface area (Å²) < 4.78 is 5.20. The van der Waals surface area contributed by atoms with Crippen molar-refractivity contribution in [2.45, 2.75) is 37.3 Å². The number of nitrogens with one attached hydrogen (secondary N) is 1. The van der Waals surface area contributed by atoms with Gasteiger partial charge in [-0.15, -0.1) is 0 Å². The van der Waals surface area contributed by atoms with Crippen LogP contribution in [0.2, 0.25) is 0 Å². The van der Waals surface area contributed by atoms with Gasteiger partial charge < -0.3 is 9.64 Å². The normalized spacial score (nSPS) is 20.4. The molecule has 2 aliphatic rings. The molecule has 0 bridgehead atoms. The number of ether oxygens (including phenoxy) is 1. The second-order valence-electron chi connectivity index (χ2n) is 6.33. The first-order valence-electron chi connectivity index (χ1n) is 7.71. The van der Waals surface area contributed by atoms with Gasteiger partial charge in [0.05, 0.1) is 13.2 Å². The summed E-state index contributed by atoms with van der Waals surface area (Å²) in [6, 6.07) is 11.2. The third-order valence-electron chi connectivity index (χ3n) is 4.51. The molecule has 0 radical (unpaired) electrons. The maximum absolute atomic E-state index is 9.78. The summed E-state index contributed by atoms with van der Waals surface area (Å²) in [6.45, 7) is 0.733. The first-order valence-corrected chi connectivity index (χ1v) is 7.71. The third-order valence-corrected chi connectivity index (χ3v) is 4.51. The molecule has 1 aromatic rings. The molecule has 4 heteroatoms. The van der Waals surface area contributed by atoms with E-state index in [2.05, 4.69) is 23.3 Å². The van der Waals surface area contributed by atoms with Crippen LogP contribution in [-0.4, -0.2) is 32.3 Å². The molecule has 0 heterocycles. The van der Waals surface area contributed by atoms with Gasteiger partial charge in [0.25, 0.3) is 0 Å². The Morgan fingerprint density at radius 2 is 1.95 bits per heavy atom. The van der Waals surface area contributed by atoms with Crippen molar-refractivity contribution in [2.75, 3.05) is 25.6 Å². The lowest BCUT2D eigenvalue weighted by molar-refractivity contribution is 0.365. The quantitative estimate of drug-likeness (QED) is 0.836. The Hall–Kier alpha value is -1.73. The Labute approximate surface area is 126 Å². The summed E-state index contributed by atoms with van der Waals surface area (Å²) in [4.78, 5) is 2.18. The highest BCUT2D eigenvalue weighted by Crippen LogP contribution is 2.42. The van der Waals surface area contributed by atoms with Crippen LogP contribution >= 0.6 is 0 Å². The van der Waals surface area contributed by atoms with Crippen molar-refractivity contribution in [1.29, 1.82) is 5.26 Å². The highest BCUT2D eigenvalue weighted by molar-refractivity contribution is 5.49. The van der Waals surface area contributed by atoms with Gasteiger partial charge in [0.2, 0.25) is 0 Å². The number of anilines is 1. The van der Waals surface area contributed by atoms with E-state index in [1.165, 1.54) is 25.7 Å². The molecule has 0 aliphatic heterocycles. The number of methoxy groups -OCH3 is 1. The zero-order valence-corrected chi connectivity index (χ0v) is 12.8. The number of nitriles is 1. The van der Waals surface area contributed by atoms with E-state index >= 15 is 0 Å². The predicted molar refractivity (Wildman–Crippen MR) is 83.5 cm³/mol. The molecule has 1 unspecified atom stereocenters. The van der Waals surface area contributed by atoms with Crippen molar-refractivity contribution in [2.24, 2.45) is 5.92 Å². The highest BCUT2D eigenvalue weighted by Gasteiger charge is 2.48. The van der Waals surface area contributed by atoms with Gasteiger partial charge >= 0.3 is 0 Å². The van der Waals surface area contributed by atoms with Gasteiger partial charge in [-0.3, -0.25) is 5.32 Å². The maximum atomic E-state index is 9.78. The zero-order valence-electron chi connectivity index (χ0n) is 12.8. The fourth-order valence-electron chi connectivity index (χ4n) is 2.92. The second kappa shape index (κ2) is 5.57. The van der Waals surface area contributed by atoms with Crippen LogP contribution in [0.25, 0.3) is 0 Å². The fraction of sp³-hybridized carbons (Fsp3) is 0.588. The van der Waals surface area contributed by atoms with E-state index in [0.29, 0.717) is 12.0 Å². The molecule has 1 atom stereocenters. The molecule has 2 fully saturated rings. The number of nitrogens with zero attached hydrogens (tertiary/aromatic N) is 2. The van der Waals surface area contributed by atoms with E-state index < -0.39 is 5.54 Å². The van der Waals surface area contributed by atoms with Crippen LogP contribution in [0, 0.1) is 17.2 Å². The average Bonchev–Trinajstić information content (AvgIpc) is 3.39. The number of benzene rings is 1. The van der Waals surface area contributed by atoms with E-state index in [-0.39, 0.29) is 0 Å². The SMILES string of the molecule is COc1ccc(N(C)CC(C#N)(NC2CC2)C2CC2)cc1. The van der Waals surface area contributed by atoms with Gasteiger partial charge in [-0.2, -0.15) is 5.26 Å². The molecular weight excluding hydrogens is 262 g/mol. The van der Waals surface area contributed by atoms with Crippen molar-refractivity contribution in [3.05, 3.63) is 24.3 Å². The van der Waals surface area contributed by atoms with Crippen molar-refractivity contribution in [1.82, 2.24) is 5.32 Å². The van der Waals surface area contributed by atoms with E-state index in [9.17, 15) is 5.26 Å². The standard InChI is InChI=1S/C17H23N3O/c1-20(15-7-9-16(21-2)10-8-15)12-17(11-18,13-3-4-13)19-14-5-6-14/h7-10,13-14,19H,3-6,12H2,1-2H3. The van der Waals surface area contributed by atoms with Crippen molar-refractivity contribution >= 4 is 5.69 Å². The number of hydrogen-bond acceptors (Lipinski definition) is 4. The molecule has 2 saturated carbocycles. The lowest BCUT2D eigenvalue weighted by atomic mass is 9.93. The Morgan fingerprint density at radius 3 is 2.43 bits per heavy atom. The summed E-state index contributed by atoms with van der Waals surface area (Å²) in [5.74, 6) is 1.36. The lowest BCUT2D eigenvalue weighted by Gasteiger charge is -2.33. The van der Waals surface area contributed by atoms with Crippen LogP contribution < -0.4 is 15.0 Å². The predicted octanol–water partition coefficient (Wildman–Crippen LogP) is 2.56. The molecular formula is C17H23N3O. The van der Waals surface area contributed by atoms with Gasteiger partial charge in [-0.05, 0) is 55.9 Å². The minimum Gasteiger partial charge on any atom is -0.497 e. The van der Waals surface area contributed by atoms with E-state index in [4.69, 9.17) is 4.74 Å². The largest absolute Gasteiger partial charge is 0.497 e. The summed E-state index contributed by atoms with van der Waals surface area (Å²) in [6.07, 6.45) is 4.76. The number of likely N-dealkylation sites (N-methyl/N-ethyl adjacent to an activating group) is 1. The Bertz CT molecular complexity index is 528. The van der Waals surface area contributed by atoms with Crippen molar-refractivity contribution < 1.29 is 4.74 Å². The summed E-state index contributed by atoms with van der Waals surface area (Å²) in [5, 5.41) is 13.4. The van der Waals surface area contributed by atoms with Gasteiger partial charge in [0.1, 0.15) is 11.3 Å². The molecule has 0 amide bonds. The first-order chi connectivity index (χ1) is 10.2. The molecule has 0 spiro atoms. The molecule has 1 N–H and O–H groups in total. The minimum absolute atomic E-state index is 0.393. The molecule has 0 aromatic heterocycles. The Kier molecular flexibility index (Phi) is 3.77. The van der Waals surface area contributed by atoms with Gasteiger partial charge in [-0.1, -0.05) is 0 Å². The van der Waals surface area contributed by atoms with Crippen LogP contribution in [0.15, 0.2) is 24.3 Å². The molecule has 2 aliphatic carbocycles. The van der Waals surface area contributed by atoms with E-state index in [0.717, 1.165) is 18.0 Å². The molecule has 1 aromatic carbocycles. The third kappa shape index (κ3) is 3.14. The second-order valence-corrected chi connectivity index (χ2v) is 6.33. The van der Waals surface area contributed by atoms with E-state index in [1.54, 1.807) is 7.11 Å². The fourth-order valence-corrected chi connectivity index (χ4v) is 2.92. The first kappa shape index (κ1) is 14.2. The smallest absolute Gasteiger partial charge is 0.127 e. The van der Waals surface area contributed by atoms with Crippen LogP contribution in [0.3, 0.4) is 0 Å². The van der Waals surface area contributed by atoms with Gasteiger partial charge in [0, 0.05) is 25.3 Å². The summed E-state index contributed by atoms with van der Waals surface area (Å²) >= 11 is 0. The number of hydrogen-bond donors (Lipinski definition) is 1. The molecule has 4 nitrogen and oxygen atoms in total. The van der Waals surface area contributed by atoms with Crippen molar-refractivity contribution in [3.8, 4) is 11.8 Å². The van der Waals surface area contributed by atoms with Crippen LogP contribution in [0.5, 0.6) is 5.75 Å². The van der Waals surface area contributed by atoms with Gasteiger partial charge in [-0.25, -0.2) is 0 Å². The Balaban J connectivity index is 1.73. The summed E-state index contributed by atoms with van der Waals surface area (Å²) in [5.41, 5.74) is 0.726. The zero-order chi connectivity index (χ0) is 14.9. The molecule has 112 valence electrons.